The summed E-state index contributed by atoms with van der Waals surface area (Å²) in [7, 11) is 1.53. The molecule has 0 atom stereocenters. The van der Waals surface area contributed by atoms with Crippen LogP contribution in [0.25, 0.3) is 0 Å². The third kappa shape index (κ3) is 2.51. The Balaban J connectivity index is 2.16. The molecule has 1 aromatic heterocycles. The second-order valence-corrected chi connectivity index (χ2v) is 3.81. The Hall–Kier alpha value is -2.15. The topological polar surface area (TPSA) is 87.3 Å². The highest BCUT2D eigenvalue weighted by Crippen LogP contribution is 2.21. The number of carbonyl (C=O) groups excluding carboxylic acids is 1. The predicted molar refractivity (Wildman–Crippen MR) is 62.3 cm³/mol. The molecule has 0 aliphatic rings. The van der Waals surface area contributed by atoms with E-state index in [1.54, 1.807) is 24.3 Å². The summed E-state index contributed by atoms with van der Waals surface area (Å²) in [5.74, 6) is 0.474. The van der Waals surface area contributed by atoms with E-state index in [1.165, 1.54) is 7.11 Å². The predicted octanol–water partition coefficient (Wildman–Crippen LogP) is 1.35. The van der Waals surface area contributed by atoms with Crippen molar-refractivity contribution in [2.24, 2.45) is 0 Å². The van der Waals surface area contributed by atoms with E-state index in [1.807, 2.05) is 0 Å². The lowest BCUT2D eigenvalue weighted by molar-refractivity contribution is 0.0740. The number of hydrogen-bond acceptors (Lipinski definition) is 7. The molecule has 1 heterocycles. The van der Waals surface area contributed by atoms with Crippen molar-refractivity contribution in [3.05, 3.63) is 29.1 Å². The number of nitrogens with zero attached hydrogens (tertiary/aromatic N) is 2. The summed E-state index contributed by atoms with van der Waals surface area (Å²) >= 11 is 0.895. The largest absolute Gasteiger partial charge is 0.497 e. The Morgan fingerprint density at radius 1 is 1.41 bits per heavy atom. The second kappa shape index (κ2) is 4.79. The summed E-state index contributed by atoms with van der Waals surface area (Å²) in [6, 6.07) is 6.71. The van der Waals surface area contributed by atoms with Crippen molar-refractivity contribution in [1.82, 2.24) is 9.59 Å². The Morgan fingerprint density at radius 2 is 2.18 bits per heavy atom. The van der Waals surface area contributed by atoms with Crippen molar-refractivity contribution >= 4 is 23.3 Å². The number of methoxy groups -OCH3 is 1. The molecule has 1 aromatic carbocycles. The van der Waals surface area contributed by atoms with E-state index >= 15 is 0 Å². The average Bonchev–Trinajstić information content (AvgIpc) is 2.76. The first-order valence-corrected chi connectivity index (χ1v) is 5.42. The monoisotopic (exact) mass is 251 g/mol. The van der Waals surface area contributed by atoms with Crippen LogP contribution in [-0.4, -0.2) is 22.7 Å². The molecule has 0 aliphatic carbocycles. The Morgan fingerprint density at radius 3 is 2.82 bits per heavy atom. The molecule has 0 aliphatic heterocycles. The van der Waals surface area contributed by atoms with Crippen LogP contribution in [0, 0.1) is 0 Å². The lowest BCUT2D eigenvalue weighted by atomic mass is 10.3. The molecule has 2 rings (SSSR count). The number of esters is 1. The summed E-state index contributed by atoms with van der Waals surface area (Å²) in [5.41, 5.74) is 5.46. The molecule has 0 bridgehead atoms. The molecule has 0 amide bonds. The van der Waals surface area contributed by atoms with Crippen molar-refractivity contribution < 1.29 is 14.3 Å². The lowest BCUT2D eigenvalue weighted by Gasteiger charge is -2.04. The molecule has 2 N–H and O–H groups in total. The normalized spacial score (nSPS) is 9.94. The fourth-order valence-corrected chi connectivity index (χ4v) is 1.62. The highest BCUT2D eigenvalue weighted by Gasteiger charge is 2.16. The van der Waals surface area contributed by atoms with Crippen molar-refractivity contribution in [2.75, 3.05) is 12.8 Å². The quantitative estimate of drug-likeness (QED) is 0.654. The van der Waals surface area contributed by atoms with E-state index < -0.39 is 5.97 Å². The molecule has 0 saturated carbocycles. The molecule has 7 heteroatoms. The molecule has 0 spiro atoms. The number of rotatable bonds is 3. The van der Waals surface area contributed by atoms with E-state index in [9.17, 15) is 4.79 Å². The van der Waals surface area contributed by atoms with Gasteiger partial charge < -0.3 is 15.2 Å². The molecule has 0 saturated heterocycles. The number of aromatic nitrogens is 2. The zero-order valence-electron chi connectivity index (χ0n) is 8.91. The van der Waals surface area contributed by atoms with Gasteiger partial charge in [0.25, 0.3) is 0 Å². The molecular formula is C10H9N3O3S. The lowest BCUT2D eigenvalue weighted by Crippen LogP contribution is -2.09. The highest BCUT2D eigenvalue weighted by atomic mass is 32.1. The van der Waals surface area contributed by atoms with Gasteiger partial charge in [0, 0.05) is 6.07 Å². The van der Waals surface area contributed by atoms with Crippen molar-refractivity contribution in [1.29, 1.82) is 0 Å². The average molecular weight is 251 g/mol. The van der Waals surface area contributed by atoms with E-state index in [0.29, 0.717) is 11.5 Å². The zero-order chi connectivity index (χ0) is 12.3. The summed E-state index contributed by atoms with van der Waals surface area (Å²) in [6.07, 6.45) is 0. The van der Waals surface area contributed by atoms with Crippen LogP contribution in [0.15, 0.2) is 24.3 Å². The Kier molecular flexibility index (Phi) is 3.20. The van der Waals surface area contributed by atoms with E-state index in [4.69, 9.17) is 15.2 Å². The first-order chi connectivity index (χ1) is 8.20. The van der Waals surface area contributed by atoms with Gasteiger partial charge in [-0.2, -0.15) is 0 Å². The SMILES string of the molecule is COc1cccc(OC(=O)c2snnc2N)c1. The van der Waals surface area contributed by atoms with Crippen molar-refractivity contribution in [3.63, 3.8) is 0 Å². The van der Waals surface area contributed by atoms with Gasteiger partial charge in [0.05, 0.1) is 7.11 Å². The van der Waals surface area contributed by atoms with Crippen LogP contribution in [0.1, 0.15) is 9.67 Å². The number of benzene rings is 1. The summed E-state index contributed by atoms with van der Waals surface area (Å²) in [5, 5.41) is 3.53. The number of nitrogen functional groups attached to an aromatic ring is 1. The minimum absolute atomic E-state index is 0.0721. The van der Waals surface area contributed by atoms with Crippen LogP contribution in [-0.2, 0) is 0 Å². The van der Waals surface area contributed by atoms with E-state index in [-0.39, 0.29) is 10.7 Å². The summed E-state index contributed by atoms with van der Waals surface area (Å²) < 4.78 is 13.7. The maximum Gasteiger partial charge on any atom is 0.359 e. The highest BCUT2D eigenvalue weighted by molar-refractivity contribution is 7.08. The second-order valence-electron chi connectivity index (χ2n) is 3.06. The smallest absolute Gasteiger partial charge is 0.359 e. The molecule has 6 nitrogen and oxygen atoms in total. The third-order valence-electron chi connectivity index (χ3n) is 1.95. The van der Waals surface area contributed by atoms with Gasteiger partial charge in [-0.15, -0.1) is 5.10 Å². The van der Waals surface area contributed by atoms with Crippen LogP contribution in [0.5, 0.6) is 11.5 Å². The molecule has 0 radical (unpaired) electrons. The van der Waals surface area contributed by atoms with Crippen LogP contribution >= 0.6 is 11.5 Å². The van der Waals surface area contributed by atoms with Crippen LogP contribution in [0.4, 0.5) is 5.82 Å². The molecular weight excluding hydrogens is 242 g/mol. The van der Waals surface area contributed by atoms with Gasteiger partial charge in [0.1, 0.15) is 11.5 Å². The molecule has 88 valence electrons. The fraction of sp³-hybridized carbons (Fsp3) is 0.100. The van der Waals surface area contributed by atoms with Gasteiger partial charge in [0.2, 0.25) is 0 Å². The van der Waals surface area contributed by atoms with Crippen LogP contribution in [0.3, 0.4) is 0 Å². The minimum Gasteiger partial charge on any atom is -0.497 e. The molecule has 0 fully saturated rings. The molecule has 17 heavy (non-hydrogen) atoms. The zero-order valence-corrected chi connectivity index (χ0v) is 9.73. The summed E-state index contributed by atoms with van der Waals surface area (Å²) in [6.45, 7) is 0. The summed E-state index contributed by atoms with van der Waals surface area (Å²) in [4.78, 5) is 11.9. The van der Waals surface area contributed by atoms with Gasteiger partial charge in [0.15, 0.2) is 10.7 Å². The maximum atomic E-state index is 11.7. The van der Waals surface area contributed by atoms with Crippen LogP contribution < -0.4 is 15.2 Å². The Bertz CT molecular complexity index is 541. The van der Waals surface area contributed by atoms with E-state index in [2.05, 4.69) is 9.59 Å². The first kappa shape index (κ1) is 11.3. The van der Waals surface area contributed by atoms with E-state index in [0.717, 1.165) is 11.5 Å². The Labute approximate surface area is 101 Å². The molecule has 2 aromatic rings. The minimum atomic E-state index is -0.578. The standard InChI is InChI=1S/C10H9N3O3S/c1-15-6-3-2-4-7(5-6)16-10(14)8-9(11)12-13-17-8/h2-5H,11H2,1H3. The van der Waals surface area contributed by atoms with Gasteiger partial charge in [-0.1, -0.05) is 10.6 Å². The van der Waals surface area contributed by atoms with Crippen LogP contribution in [0.2, 0.25) is 0 Å². The maximum absolute atomic E-state index is 11.7. The number of ether oxygens (including phenoxy) is 2. The third-order valence-corrected chi connectivity index (χ3v) is 2.67. The number of hydrogen-bond donors (Lipinski definition) is 1. The van der Waals surface area contributed by atoms with Gasteiger partial charge in [-0.05, 0) is 23.7 Å². The van der Waals surface area contributed by atoms with Gasteiger partial charge in [-0.3, -0.25) is 0 Å². The number of anilines is 1. The molecule has 0 unspecified atom stereocenters. The van der Waals surface area contributed by atoms with Crippen molar-refractivity contribution in [3.8, 4) is 11.5 Å². The van der Waals surface area contributed by atoms with Gasteiger partial charge in [-0.25, -0.2) is 4.79 Å². The number of carbonyl (C=O) groups is 1. The van der Waals surface area contributed by atoms with Gasteiger partial charge >= 0.3 is 5.97 Å². The number of nitrogens with two attached hydrogens (primary N) is 1. The van der Waals surface area contributed by atoms with Crippen molar-refractivity contribution in [2.45, 2.75) is 0 Å². The first-order valence-electron chi connectivity index (χ1n) is 4.65. The fourth-order valence-electron chi connectivity index (χ4n) is 1.16.